The lowest BCUT2D eigenvalue weighted by Crippen LogP contribution is -2.15. The number of nitrogens with one attached hydrogen (secondary N) is 1. The Morgan fingerprint density at radius 3 is 2.81 bits per heavy atom. The summed E-state index contributed by atoms with van der Waals surface area (Å²) in [5.41, 5.74) is 6.66. The highest BCUT2D eigenvalue weighted by atomic mass is 19.1. The number of rotatable bonds is 2. The van der Waals surface area contributed by atoms with Gasteiger partial charge in [-0.3, -0.25) is 9.78 Å². The molecular weight excluding hydrogens is 209 g/mol. The van der Waals surface area contributed by atoms with Gasteiger partial charge in [0.1, 0.15) is 5.82 Å². The zero-order valence-electron chi connectivity index (χ0n) is 8.40. The standard InChI is InChI=1S/C11H10FN3O/c12-9-3-8(5-14-6-9)10-2-1-7(4-13)11(16)15-10/h1-3,5-6H,4,13H2,(H,15,16). The number of aromatic amines is 1. The Bertz CT molecular complexity index is 565. The van der Waals surface area contributed by atoms with E-state index in [1.807, 2.05) is 0 Å². The minimum atomic E-state index is -0.443. The van der Waals surface area contributed by atoms with Gasteiger partial charge in [-0.2, -0.15) is 0 Å². The molecule has 2 aromatic rings. The summed E-state index contributed by atoms with van der Waals surface area (Å²) in [6.07, 6.45) is 2.59. The van der Waals surface area contributed by atoms with Crippen LogP contribution >= 0.6 is 0 Å². The van der Waals surface area contributed by atoms with Crippen molar-refractivity contribution in [2.75, 3.05) is 0 Å². The Morgan fingerprint density at radius 2 is 2.19 bits per heavy atom. The first-order chi connectivity index (χ1) is 7.70. The van der Waals surface area contributed by atoms with E-state index in [0.717, 1.165) is 6.20 Å². The topological polar surface area (TPSA) is 71.8 Å². The fraction of sp³-hybridized carbons (Fsp3) is 0.0909. The van der Waals surface area contributed by atoms with E-state index in [2.05, 4.69) is 9.97 Å². The van der Waals surface area contributed by atoms with Crippen molar-refractivity contribution < 1.29 is 4.39 Å². The summed E-state index contributed by atoms with van der Waals surface area (Å²) in [4.78, 5) is 17.8. The van der Waals surface area contributed by atoms with Crippen LogP contribution in [-0.4, -0.2) is 9.97 Å². The molecule has 2 heterocycles. The van der Waals surface area contributed by atoms with Gasteiger partial charge in [0.15, 0.2) is 0 Å². The largest absolute Gasteiger partial charge is 0.326 e. The summed E-state index contributed by atoms with van der Waals surface area (Å²) in [5.74, 6) is -0.443. The Hall–Kier alpha value is -2.01. The van der Waals surface area contributed by atoms with Crippen LogP contribution < -0.4 is 11.3 Å². The van der Waals surface area contributed by atoms with Crippen LogP contribution in [0.3, 0.4) is 0 Å². The van der Waals surface area contributed by atoms with Gasteiger partial charge in [0.05, 0.1) is 6.20 Å². The third-order valence-corrected chi connectivity index (χ3v) is 2.23. The lowest BCUT2D eigenvalue weighted by molar-refractivity contribution is 0.622. The molecule has 0 fully saturated rings. The number of aromatic nitrogens is 2. The third-order valence-electron chi connectivity index (χ3n) is 2.23. The maximum absolute atomic E-state index is 12.9. The Kier molecular flexibility index (Phi) is 2.78. The highest BCUT2D eigenvalue weighted by molar-refractivity contribution is 5.57. The Morgan fingerprint density at radius 1 is 1.38 bits per heavy atom. The van der Waals surface area contributed by atoms with Crippen molar-refractivity contribution in [1.82, 2.24) is 9.97 Å². The van der Waals surface area contributed by atoms with Gasteiger partial charge in [-0.05, 0) is 12.1 Å². The first-order valence-corrected chi connectivity index (χ1v) is 4.74. The first-order valence-electron chi connectivity index (χ1n) is 4.74. The molecule has 0 aliphatic rings. The zero-order valence-corrected chi connectivity index (χ0v) is 8.40. The molecule has 0 aliphatic heterocycles. The molecule has 3 N–H and O–H groups in total. The lowest BCUT2D eigenvalue weighted by atomic mass is 10.1. The fourth-order valence-electron chi connectivity index (χ4n) is 1.39. The number of nitrogens with zero attached hydrogens (tertiary/aromatic N) is 1. The number of nitrogens with two attached hydrogens (primary N) is 1. The normalized spacial score (nSPS) is 10.4. The van der Waals surface area contributed by atoms with Gasteiger partial charge >= 0.3 is 0 Å². The van der Waals surface area contributed by atoms with Gasteiger partial charge in [-0.1, -0.05) is 6.07 Å². The van der Waals surface area contributed by atoms with E-state index < -0.39 is 5.82 Å². The number of H-pyrrole nitrogens is 1. The van der Waals surface area contributed by atoms with E-state index in [-0.39, 0.29) is 12.1 Å². The molecule has 4 nitrogen and oxygen atoms in total. The summed E-state index contributed by atoms with van der Waals surface area (Å²) < 4.78 is 12.9. The molecule has 16 heavy (non-hydrogen) atoms. The van der Waals surface area contributed by atoms with Crippen molar-refractivity contribution in [2.24, 2.45) is 5.73 Å². The van der Waals surface area contributed by atoms with Gasteiger partial charge < -0.3 is 10.7 Å². The number of hydrogen-bond donors (Lipinski definition) is 2. The first kappa shape index (κ1) is 10.5. The molecule has 0 radical (unpaired) electrons. The minimum absolute atomic E-state index is 0.178. The molecule has 82 valence electrons. The molecule has 0 saturated heterocycles. The second kappa shape index (κ2) is 4.24. The smallest absolute Gasteiger partial charge is 0.252 e. The molecule has 0 aliphatic carbocycles. The monoisotopic (exact) mass is 219 g/mol. The highest BCUT2D eigenvalue weighted by Gasteiger charge is 2.03. The van der Waals surface area contributed by atoms with Crippen molar-refractivity contribution in [3.8, 4) is 11.3 Å². The maximum atomic E-state index is 12.9. The van der Waals surface area contributed by atoms with Crippen molar-refractivity contribution in [1.29, 1.82) is 0 Å². The molecular formula is C11H10FN3O. The van der Waals surface area contributed by atoms with Crippen molar-refractivity contribution in [2.45, 2.75) is 6.54 Å². The predicted molar refractivity (Wildman–Crippen MR) is 58.1 cm³/mol. The predicted octanol–water partition coefficient (Wildman–Crippen LogP) is 1.03. The molecule has 0 spiro atoms. The second-order valence-corrected chi connectivity index (χ2v) is 3.32. The van der Waals surface area contributed by atoms with Crippen LogP contribution in [0.5, 0.6) is 0 Å². The van der Waals surface area contributed by atoms with E-state index in [4.69, 9.17) is 5.73 Å². The summed E-state index contributed by atoms with van der Waals surface area (Å²) >= 11 is 0. The number of pyridine rings is 2. The molecule has 0 unspecified atom stereocenters. The zero-order chi connectivity index (χ0) is 11.5. The quantitative estimate of drug-likeness (QED) is 0.792. The van der Waals surface area contributed by atoms with E-state index in [9.17, 15) is 9.18 Å². The summed E-state index contributed by atoms with van der Waals surface area (Å²) in [5, 5.41) is 0. The number of hydrogen-bond acceptors (Lipinski definition) is 3. The number of halogens is 1. The molecule has 2 aromatic heterocycles. The summed E-state index contributed by atoms with van der Waals surface area (Å²) in [6, 6.07) is 4.61. The molecule has 0 amide bonds. The van der Waals surface area contributed by atoms with E-state index in [0.29, 0.717) is 16.8 Å². The molecule has 0 aromatic carbocycles. The van der Waals surface area contributed by atoms with Crippen LogP contribution in [0.1, 0.15) is 5.56 Å². The van der Waals surface area contributed by atoms with Crippen molar-refractivity contribution >= 4 is 0 Å². The van der Waals surface area contributed by atoms with Gasteiger partial charge in [0.2, 0.25) is 0 Å². The van der Waals surface area contributed by atoms with Gasteiger partial charge in [-0.25, -0.2) is 4.39 Å². The van der Waals surface area contributed by atoms with Crippen LogP contribution in [0.2, 0.25) is 0 Å². The molecule has 0 saturated carbocycles. The molecule has 0 bridgehead atoms. The van der Waals surface area contributed by atoms with E-state index >= 15 is 0 Å². The maximum Gasteiger partial charge on any atom is 0.252 e. The highest BCUT2D eigenvalue weighted by Crippen LogP contribution is 2.14. The Labute approximate surface area is 91.0 Å². The van der Waals surface area contributed by atoms with Crippen LogP contribution in [0.25, 0.3) is 11.3 Å². The molecule has 5 heteroatoms. The SMILES string of the molecule is NCc1ccc(-c2cncc(F)c2)[nH]c1=O. The average molecular weight is 219 g/mol. The van der Waals surface area contributed by atoms with E-state index in [1.54, 1.807) is 12.1 Å². The molecule has 0 atom stereocenters. The fourth-order valence-corrected chi connectivity index (χ4v) is 1.39. The third kappa shape index (κ3) is 1.99. The summed E-state index contributed by atoms with van der Waals surface area (Å²) in [6.45, 7) is 0.178. The summed E-state index contributed by atoms with van der Waals surface area (Å²) in [7, 11) is 0. The van der Waals surface area contributed by atoms with Crippen molar-refractivity contribution in [3.63, 3.8) is 0 Å². The van der Waals surface area contributed by atoms with Gasteiger partial charge in [-0.15, -0.1) is 0 Å². The van der Waals surface area contributed by atoms with Crippen LogP contribution in [-0.2, 0) is 6.54 Å². The van der Waals surface area contributed by atoms with E-state index in [1.165, 1.54) is 12.3 Å². The second-order valence-electron chi connectivity index (χ2n) is 3.32. The Balaban J connectivity index is 2.49. The van der Waals surface area contributed by atoms with Crippen molar-refractivity contribution in [3.05, 3.63) is 52.3 Å². The van der Waals surface area contributed by atoms with Crippen LogP contribution in [0, 0.1) is 5.82 Å². The van der Waals surface area contributed by atoms with Gasteiger partial charge in [0.25, 0.3) is 5.56 Å². The molecule has 2 rings (SSSR count). The van der Waals surface area contributed by atoms with Crippen LogP contribution in [0.4, 0.5) is 4.39 Å². The lowest BCUT2D eigenvalue weighted by Gasteiger charge is -2.02. The van der Waals surface area contributed by atoms with Gasteiger partial charge in [0, 0.05) is 29.6 Å². The van der Waals surface area contributed by atoms with Crippen LogP contribution in [0.15, 0.2) is 35.4 Å². The average Bonchev–Trinajstić information content (AvgIpc) is 2.29. The minimum Gasteiger partial charge on any atom is -0.326 e.